The fourth-order valence-electron chi connectivity index (χ4n) is 1.56. The standard InChI is InChI=1S/C11H5ClF2N4O2/c12-10-8(5-15)9(11(13)14)16-17(10)6-1-3-7(4-2-6)18(19)20/h1-4,11H. The highest BCUT2D eigenvalue weighted by Gasteiger charge is 2.24. The second-order valence-corrected chi connectivity index (χ2v) is 4.01. The third-order valence-corrected chi connectivity index (χ3v) is 2.83. The van der Waals surface area contributed by atoms with Gasteiger partial charge >= 0.3 is 0 Å². The summed E-state index contributed by atoms with van der Waals surface area (Å²) in [7, 11) is 0. The molecular formula is C11H5ClF2N4O2. The van der Waals surface area contributed by atoms with Crippen LogP contribution in [-0.4, -0.2) is 14.7 Å². The van der Waals surface area contributed by atoms with E-state index in [1.54, 1.807) is 6.07 Å². The number of hydrogen-bond acceptors (Lipinski definition) is 4. The van der Waals surface area contributed by atoms with Crippen LogP contribution < -0.4 is 0 Å². The van der Waals surface area contributed by atoms with Crippen molar-refractivity contribution in [2.24, 2.45) is 0 Å². The van der Waals surface area contributed by atoms with Gasteiger partial charge in [-0.05, 0) is 12.1 Å². The largest absolute Gasteiger partial charge is 0.283 e. The van der Waals surface area contributed by atoms with Crippen LogP contribution in [0.4, 0.5) is 14.5 Å². The molecule has 0 N–H and O–H groups in total. The van der Waals surface area contributed by atoms with Gasteiger partial charge in [0.15, 0.2) is 5.15 Å². The average molecular weight is 299 g/mol. The number of rotatable bonds is 3. The number of nitro groups is 1. The SMILES string of the molecule is N#Cc1c(C(F)F)nn(-c2ccc([N+](=O)[O-])cc2)c1Cl. The van der Waals surface area contributed by atoms with Crippen LogP contribution in [0, 0.1) is 21.4 Å². The highest BCUT2D eigenvalue weighted by molar-refractivity contribution is 6.31. The molecule has 1 heterocycles. The molecule has 0 unspecified atom stereocenters. The number of nitrogens with zero attached hydrogens (tertiary/aromatic N) is 4. The Balaban J connectivity index is 2.53. The highest BCUT2D eigenvalue weighted by atomic mass is 35.5. The molecule has 102 valence electrons. The molecule has 0 aliphatic rings. The third-order valence-electron chi connectivity index (χ3n) is 2.48. The van der Waals surface area contributed by atoms with Crippen LogP contribution in [0.2, 0.25) is 5.15 Å². The van der Waals surface area contributed by atoms with E-state index in [1.807, 2.05) is 0 Å². The smallest absolute Gasteiger partial charge is 0.258 e. The maximum atomic E-state index is 12.7. The maximum absolute atomic E-state index is 12.7. The summed E-state index contributed by atoms with van der Waals surface area (Å²) in [5.41, 5.74) is -1.06. The van der Waals surface area contributed by atoms with Gasteiger partial charge in [0.25, 0.3) is 12.1 Å². The van der Waals surface area contributed by atoms with Crippen molar-refractivity contribution >= 4 is 17.3 Å². The van der Waals surface area contributed by atoms with Gasteiger partial charge < -0.3 is 0 Å². The van der Waals surface area contributed by atoms with E-state index in [-0.39, 0.29) is 16.5 Å². The van der Waals surface area contributed by atoms with Gasteiger partial charge in [-0.2, -0.15) is 10.4 Å². The van der Waals surface area contributed by atoms with Gasteiger partial charge in [0.2, 0.25) is 0 Å². The number of nitro benzene ring substituents is 1. The number of nitriles is 1. The van der Waals surface area contributed by atoms with Gasteiger partial charge in [-0.25, -0.2) is 13.5 Å². The topological polar surface area (TPSA) is 84.8 Å². The van der Waals surface area contributed by atoms with Gasteiger partial charge in [0.05, 0.1) is 10.6 Å². The van der Waals surface area contributed by atoms with Crippen molar-refractivity contribution in [3.63, 3.8) is 0 Å². The molecule has 9 heteroatoms. The lowest BCUT2D eigenvalue weighted by molar-refractivity contribution is -0.384. The van der Waals surface area contributed by atoms with Gasteiger partial charge in [0.1, 0.15) is 17.3 Å². The number of benzene rings is 1. The van der Waals surface area contributed by atoms with Crippen LogP contribution in [0.3, 0.4) is 0 Å². The van der Waals surface area contributed by atoms with Crippen molar-refractivity contribution in [1.29, 1.82) is 5.26 Å². The molecule has 1 aromatic heterocycles. The van der Waals surface area contributed by atoms with Crippen molar-refractivity contribution in [2.45, 2.75) is 6.43 Å². The first kappa shape index (κ1) is 13.9. The van der Waals surface area contributed by atoms with E-state index in [2.05, 4.69) is 5.10 Å². The Labute approximate surface area is 116 Å². The molecule has 6 nitrogen and oxygen atoms in total. The van der Waals surface area contributed by atoms with Gasteiger partial charge in [-0.1, -0.05) is 11.6 Å². The fourth-order valence-corrected chi connectivity index (χ4v) is 1.83. The fraction of sp³-hybridized carbons (Fsp3) is 0.0909. The Morgan fingerprint density at radius 3 is 2.40 bits per heavy atom. The molecule has 1 aromatic carbocycles. The van der Waals surface area contributed by atoms with Crippen LogP contribution in [0.15, 0.2) is 24.3 Å². The Morgan fingerprint density at radius 2 is 2.00 bits per heavy atom. The maximum Gasteiger partial charge on any atom is 0.283 e. The van der Waals surface area contributed by atoms with Crippen LogP contribution in [0.25, 0.3) is 5.69 Å². The quantitative estimate of drug-likeness (QED) is 0.643. The summed E-state index contributed by atoms with van der Waals surface area (Å²) in [5, 5.41) is 22.6. The van der Waals surface area contributed by atoms with Crippen LogP contribution >= 0.6 is 11.6 Å². The monoisotopic (exact) mass is 298 g/mol. The molecule has 0 bridgehead atoms. The molecule has 0 aliphatic carbocycles. The first-order valence-corrected chi connectivity index (χ1v) is 5.55. The van der Waals surface area contributed by atoms with E-state index in [1.165, 1.54) is 24.3 Å². The molecule has 0 spiro atoms. The van der Waals surface area contributed by atoms with Gasteiger partial charge in [0, 0.05) is 12.1 Å². The molecule has 0 saturated carbocycles. The van der Waals surface area contributed by atoms with E-state index in [4.69, 9.17) is 16.9 Å². The summed E-state index contributed by atoms with van der Waals surface area (Å²) >= 11 is 5.82. The third kappa shape index (κ3) is 2.31. The second-order valence-electron chi connectivity index (χ2n) is 3.65. The molecule has 2 aromatic rings. The van der Waals surface area contributed by atoms with E-state index in [0.29, 0.717) is 0 Å². The minimum atomic E-state index is -2.94. The molecule has 0 radical (unpaired) electrons. The number of aromatic nitrogens is 2. The van der Waals surface area contributed by atoms with Gasteiger partial charge in [-0.3, -0.25) is 10.1 Å². The molecule has 20 heavy (non-hydrogen) atoms. The average Bonchev–Trinajstić information content (AvgIpc) is 2.76. The van der Waals surface area contributed by atoms with Gasteiger partial charge in [-0.15, -0.1) is 0 Å². The summed E-state index contributed by atoms with van der Waals surface area (Å²) in [5.74, 6) is 0. The zero-order chi connectivity index (χ0) is 14.9. The molecule has 0 amide bonds. The molecule has 2 rings (SSSR count). The molecule has 0 fully saturated rings. The minimum absolute atomic E-state index is 0.161. The van der Waals surface area contributed by atoms with E-state index in [9.17, 15) is 18.9 Å². The van der Waals surface area contributed by atoms with Crippen molar-refractivity contribution in [1.82, 2.24) is 9.78 Å². The first-order chi connectivity index (χ1) is 9.45. The van der Waals surface area contributed by atoms with Crippen molar-refractivity contribution in [2.75, 3.05) is 0 Å². The lowest BCUT2D eigenvalue weighted by Crippen LogP contribution is -1.98. The number of hydrogen-bond donors (Lipinski definition) is 0. The van der Waals surface area contributed by atoms with Crippen LogP contribution in [-0.2, 0) is 0 Å². The summed E-state index contributed by atoms with van der Waals surface area (Å²) in [6.45, 7) is 0. The Kier molecular flexibility index (Phi) is 3.63. The number of alkyl halides is 2. The van der Waals surface area contributed by atoms with Crippen LogP contribution in [0.1, 0.15) is 17.7 Å². The lowest BCUT2D eigenvalue weighted by atomic mass is 10.2. The summed E-state index contributed by atoms with van der Waals surface area (Å²) in [4.78, 5) is 9.93. The molecular weight excluding hydrogens is 294 g/mol. The zero-order valence-electron chi connectivity index (χ0n) is 9.63. The first-order valence-electron chi connectivity index (χ1n) is 5.17. The number of non-ortho nitro benzene ring substituents is 1. The second kappa shape index (κ2) is 5.22. The van der Waals surface area contributed by atoms with E-state index in [0.717, 1.165) is 4.68 Å². The molecule has 0 atom stereocenters. The molecule has 0 saturated heterocycles. The summed E-state index contributed by atoms with van der Waals surface area (Å²) in [6.07, 6.45) is -2.94. The predicted octanol–water partition coefficient (Wildman–Crippen LogP) is 3.24. The Hall–Kier alpha value is -2.53. The van der Waals surface area contributed by atoms with E-state index < -0.39 is 22.6 Å². The minimum Gasteiger partial charge on any atom is -0.258 e. The molecule has 0 aliphatic heterocycles. The van der Waals surface area contributed by atoms with E-state index >= 15 is 0 Å². The normalized spacial score (nSPS) is 10.6. The number of halogens is 3. The Bertz CT molecular complexity index is 706. The van der Waals surface area contributed by atoms with Crippen molar-refractivity contribution < 1.29 is 13.7 Å². The summed E-state index contributed by atoms with van der Waals surface area (Å²) < 4.78 is 26.4. The highest BCUT2D eigenvalue weighted by Crippen LogP contribution is 2.29. The zero-order valence-corrected chi connectivity index (χ0v) is 10.4. The van der Waals surface area contributed by atoms with Crippen molar-refractivity contribution in [3.8, 4) is 11.8 Å². The predicted molar refractivity (Wildman–Crippen MR) is 64.9 cm³/mol. The van der Waals surface area contributed by atoms with Crippen LogP contribution in [0.5, 0.6) is 0 Å². The Morgan fingerprint density at radius 1 is 1.40 bits per heavy atom. The lowest BCUT2D eigenvalue weighted by Gasteiger charge is -2.02. The van der Waals surface area contributed by atoms with Crippen molar-refractivity contribution in [3.05, 3.63) is 50.8 Å². The summed E-state index contributed by atoms with van der Waals surface area (Å²) in [6, 6.07) is 6.52.